The Hall–Kier alpha value is -0.930. The Morgan fingerprint density at radius 2 is 2.11 bits per heavy atom. The van der Waals surface area contributed by atoms with E-state index in [0.717, 1.165) is 36.1 Å². The first-order valence-electron chi connectivity index (χ1n) is 6.55. The van der Waals surface area contributed by atoms with E-state index in [-0.39, 0.29) is 0 Å². The van der Waals surface area contributed by atoms with Gasteiger partial charge in [-0.3, -0.25) is 0 Å². The Balaban J connectivity index is 1.97. The van der Waals surface area contributed by atoms with Crippen LogP contribution in [0.15, 0.2) is 18.2 Å². The van der Waals surface area contributed by atoms with Gasteiger partial charge < -0.3 is 15.0 Å². The number of rotatable bonds is 4. The summed E-state index contributed by atoms with van der Waals surface area (Å²) in [6, 6.07) is 6.24. The number of methoxy groups -OCH3 is 1. The van der Waals surface area contributed by atoms with Crippen LogP contribution in [0.25, 0.3) is 0 Å². The van der Waals surface area contributed by atoms with E-state index in [9.17, 15) is 0 Å². The van der Waals surface area contributed by atoms with Crippen molar-refractivity contribution in [3.63, 3.8) is 0 Å². The van der Waals surface area contributed by atoms with Crippen LogP contribution in [-0.2, 0) is 0 Å². The van der Waals surface area contributed by atoms with Gasteiger partial charge in [0.05, 0.1) is 17.8 Å². The number of hydrogen-bond donors (Lipinski definition) is 1. The Bertz CT molecular complexity index is 389. The predicted molar refractivity (Wildman–Crippen MR) is 76.8 cm³/mol. The number of nitrogens with one attached hydrogen (secondary N) is 1. The lowest BCUT2D eigenvalue weighted by Crippen LogP contribution is -2.38. The number of nitrogens with zero attached hydrogens (tertiary/aromatic N) is 1. The molecule has 1 fully saturated rings. The van der Waals surface area contributed by atoms with Crippen molar-refractivity contribution >= 4 is 17.3 Å². The second kappa shape index (κ2) is 6.30. The average molecular weight is 269 g/mol. The van der Waals surface area contributed by atoms with Crippen LogP contribution in [-0.4, -0.2) is 37.7 Å². The molecule has 0 saturated carbocycles. The SMILES string of the molecule is CCN1CCC(Nc2cc(OC)ccc2Cl)CC1. The molecule has 0 aliphatic carbocycles. The van der Waals surface area contributed by atoms with E-state index < -0.39 is 0 Å². The lowest BCUT2D eigenvalue weighted by Gasteiger charge is -2.32. The van der Waals surface area contributed by atoms with Gasteiger partial charge in [-0.1, -0.05) is 18.5 Å². The molecule has 0 spiro atoms. The summed E-state index contributed by atoms with van der Waals surface area (Å²) in [4.78, 5) is 2.48. The van der Waals surface area contributed by atoms with Crippen LogP contribution in [0.5, 0.6) is 5.75 Å². The van der Waals surface area contributed by atoms with Gasteiger partial charge in [-0.25, -0.2) is 0 Å². The lowest BCUT2D eigenvalue weighted by atomic mass is 10.0. The Morgan fingerprint density at radius 3 is 2.72 bits per heavy atom. The molecule has 1 aromatic rings. The number of piperidine rings is 1. The first kappa shape index (κ1) is 13.5. The van der Waals surface area contributed by atoms with Crippen molar-refractivity contribution < 1.29 is 4.74 Å². The molecule has 0 unspecified atom stereocenters. The molecule has 1 heterocycles. The zero-order valence-corrected chi connectivity index (χ0v) is 11.8. The van der Waals surface area contributed by atoms with E-state index in [4.69, 9.17) is 16.3 Å². The standard InChI is InChI=1S/C14H21ClN2O/c1-3-17-8-6-11(7-9-17)16-14-10-12(18-2)4-5-13(14)15/h4-5,10-11,16H,3,6-9H2,1-2H3. The van der Waals surface area contributed by atoms with E-state index in [1.807, 2.05) is 18.2 Å². The molecule has 0 amide bonds. The van der Waals surface area contributed by atoms with Gasteiger partial charge in [0, 0.05) is 25.2 Å². The summed E-state index contributed by atoms with van der Waals surface area (Å²) in [5.74, 6) is 0.841. The van der Waals surface area contributed by atoms with Crippen LogP contribution in [0.1, 0.15) is 19.8 Å². The molecule has 0 atom stereocenters. The quantitative estimate of drug-likeness (QED) is 0.907. The zero-order valence-electron chi connectivity index (χ0n) is 11.1. The number of anilines is 1. The summed E-state index contributed by atoms with van der Waals surface area (Å²) < 4.78 is 5.23. The van der Waals surface area contributed by atoms with E-state index in [0.29, 0.717) is 6.04 Å². The topological polar surface area (TPSA) is 24.5 Å². The van der Waals surface area contributed by atoms with Gasteiger partial charge in [0.1, 0.15) is 5.75 Å². The van der Waals surface area contributed by atoms with E-state index in [1.54, 1.807) is 7.11 Å². The predicted octanol–water partition coefficient (Wildman–Crippen LogP) is 3.24. The summed E-state index contributed by atoms with van der Waals surface area (Å²) in [5, 5.41) is 4.29. The van der Waals surface area contributed by atoms with Gasteiger partial charge >= 0.3 is 0 Å². The molecule has 3 nitrogen and oxygen atoms in total. The van der Waals surface area contributed by atoms with Crippen LogP contribution in [0, 0.1) is 0 Å². The number of likely N-dealkylation sites (tertiary alicyclic amines) is 1. The number of benzene rings is 1. The maximum absolute atomic E-state index is 6.20. The van der Waals surface area contributed by atoms with Crippen molar-refractivity contribution in [3.8, 4) is 5.75 Å². The minimum atomic E-state index is 0.511. The van der Waals surface area contributed by atoms with Gasteiger partial charge in [-0.15, -0.1) is 0 Å². The van der Waals surface area contributed by atoms with Gasteiger partial charge in [0.15, 0.2) is 0 Å². The number of hydrogen-bond acceptors (Lipinski definition) is 3. The molecule has 100 valence electrons. The third-order valence-electron chi connectivity index (χ3n) is 3.57. The highest BCUT2D eigenvalue weighted by Gasteiger charge is 2.18. The molecule has 1 N–H and O–H groups in total. The zero-order chi connectivity index (χ0) is 13.0. The Morgan fingerprint density at radius 1 is 1.39 bits per heavy atom. The fraction of sp³-hybridized carbons (Fsp3) is 0.571. The Labute approximate surface area is 114 Å². The lowest BCUT2D eigenvalue weighted by molar-refractivity contribution is 0.229. The van der Waals surface area contributed by atoms with Crippen LogP contribution in [0.3, 0.4) is 0 Å². The first-order chi connectivity index (χ1) is 8.72. The molecule has 0 radical (unpaired) electrons. The minimum Gasteiger partial charge on any atom is -0.497 e. The minimum absolute atomic E-state index is 0.511. The van der Waals surface area contributed by atoms with Crippen LogP contribution in [0.2, 0.25) is 5.02 Å². The molecule has 1 aliphatic heterocycles. The molecule has 0 bridgehead atoms. The summed E-state index contributed by atoms with van der Waals surface area (Å²) in [7, 11) is 1.67. The van der Waals surface area contributed by atoms with E-state index in [2.05, 4.69) is 17.1 Å². The summed E-state index contributed by atoms with van der Waals surface area (Å²) in [6.45, 7) is 5.69. The number of halogens is 1. The highest BCUT2D eigenvalue weighted by Crippen LogP contribution is 2.28. The molecule has 1 aromatic carbocycles. The summed E-state index contributed by atoms with van der Waals surface area (Å²) >= 11 is 6.20. The molecule has 0 aromatic heterocycles. The molecular formula is C14H21ClN2O. The van der Waals surface area contributed by atoms with Gasteiger partial charge in [0.25, 0.3) is 0 Å². The second-order valence-electron chi connectivity index (χ2n) is 4.70. The smallest absolute Gasteiger partial charge is 0.121 e. The maximum Gasteiger partial charge on any atom is 0.121 e. The van der Waals surface area contributed by atoms with Crippen LogP contribution in [0.4, 0.5) is 5.69 Å². The summed E-state index contributed by atoms with van der Waals surface area (Å²) in [6.07, 6.45) is 2.34. The van der Waals surface area contributed by atoms with Crippen molar-refractivity contribution in [1.29, 1.82) is 0 Å². The maximum atomic E-state index is 6.20. The van der Waals surface area contributed by atoms with Crippen molar-refractivity contribution in [2.45, 2.75) is 25.8 Å². The van der Waals surface area contributed by atoms with E-state index in [1.165, 1.54) is 12.8 Å². The monoisotopic (exact) mass is 268 g/mol. The molecule has 1 saturated heterocycles. The number of ether oxygens (including phenoxy) is 1. The van der Waals surface area contributed by atoms with Gasteiger partial charge in [-0.05, 0) is 31.5 Å². The second-order valence-corrected chi connectivity index (χ2v) is 5.11. The fourth-order valence-corrected chi connectivity index (χ4v) is 2.53. The third kappa shape index (κ3) is 3.30. The fourth-order valence-electron chi connectivity index (χ4n) is 2.36. The normalized spacial score (nSPS) is 17.7. The molecule has 18 heavy (non-hydrogen) atoms. The Kier molecular flexibility index (Phi) is 4.72. The molecular weight excluding hydrogens is 248 g/mol. The van der Waals surface area contributed by atoms with Gasteiger partial charge in [0.2, 0.25) is 0 Å². The average Bonchev–Trinajstić information content (AvgIpc) is 2.42. The van der Waals surface area contributed by atoms with Crippen molar-refractivity contribution in [2.24, 2.45) is 0 Å². The van der Waals surface area contributed by atoms with Gasteiger partial charge in [-0.2, -0.15) is 0 Å². The van der Waals surface area contributed by atoms with Crippen molar-refractivity contribution in [1.82, 2.24) is 4.90 Å². The first-order valence-corrected chi connectivity index (χ1v) is 6.93. The van der Waals surface area contributed by atoms with Crippen LogP contribution < -0.4 is 10.1 Å². The van der Waals surface area contributed by atoms with Crippen LogP contribution >= 0.6 is 11.6 Å². The highest BCUT2D eigenvalue weighted by molar-refractivity contribution is 6.33. The van der Waals surface area contributed by atoms with Crippen molar-refractivity contribution in [3.05, 3.63) is 23.2 Å². The molecule has 2 rings (SSSR count). The highest BCUT2D eigenvalue weighted by atomic mass is 35.5. The molecule has 1 aliphatic rings. The largest absolute Gasteiger partial charge is 0.497 e. The van der Waals surface area contributed by atoms with E-state index >= 15 is 0 Å². The third-order valence-corrected chi connectivity index (χ3v) is 3.90. The molecule has 4 heteroatoms. The summed E-state index contributed by atoms with van der Waals surface area (Å²) in [5.41, 5.74) is 0.978. The van der Waals surface area contributed by atoms with Crippen molar-refractivity contribution in [2.75, 3.05) is 32.1 Å².